The van der Waals surface area contributed by atoms with Gasteiger partial charge >= 0.3 is 6.18 Å². The molecule has 10 nitrogen and oxygen atoms in total. The highest BCUT2D eigenvalue weighted by Gasteiger charge is 2.31. The van der Waals surface area contributed by atoms with Crippen LogP contribution in [0, 0.1) is 0 Å². The van der Waals surface area contributed by atoms with E-state index in [-0.39, 0.29) is 38.1 Å². The van der Waals surface area contributed by atoms with Crippen LogP contribution in [0.2, 0.25) is 0 Å². The molecule has 0 saturated heterocycles. The lowest BCUT2D eigenvalue weighted by atomic mass is 10.2. The van der Waals surface area contributed by atoms with Gasteiger partial charge in [0.1, 0.15) is 19.8 Å². The number of rotatable bonds is 8. The van der Waals surface area contributed by atoms with Crippen molar-refractivity contribution in [1.82, 2.24) is 19.7 Å². The lowest BCUT2D eigenvalue weighted by Crippen LogP contribution is -2.40. The van der Waals surface area contributed by atoms with Crippen molar-refractivity contribution in [2.24, 2.45) is 0 Å². The average molecular weight is 505 g/mol. The van der Waals surface area contributed by atoms with E-state index < -0.39 is 23.8 Å². The standard InChI is InChI=1S/C23H22F3N5O5/c1-30(8-9-34-20-7-6-15(10-27-20)23(24,25)26)21(32)13-31-12-16(11-28-31)29-22(33)19-14-35-17-4-2-3-5-18(17)36-19/h2-7,10-12,19H,8-9,13-14H2,1H3,(H,29,33)/t19-/m1/s1. The molecular weight excluding hydrogens is 483 g/mol. The zero-order chi connectivity index (χ0) is 25.7. The molecular formula is C23H22F3N5O5. The topological polar surface area (TPSA) is 108 Å². The van der Waals surface area contributed by atoms with Gasteiger partial charge in [-0.2, -0.15) is 18.3 Å². The summed E-state index contributed by atoms with van der Waals surface area (Å²) >= 11 is 0. The number of amides is 2. The maximum absolute atomic E-state index is 12.6. The fourth-order valence-corrected chi connectivity index (χ4v) is 3.19. The van der Waals surface area contributed by atoms with Crippen LogP contribution in [-0.4, -0.2) is 64.4 Å². The summed E-state index contributed by atoms with van der Waals surface area (Å²) in [5, 5.41) is 6.76. The van der Waals surface area contributed by atoms with Gasteiger partial charge in [-0.3, -0.25) is 14.3 Å². The first-order chi connectivity index (χ1) is 17.2. The monoisotopic (exact) mass is 505 g/mol. The van der Waals surface area contributed by atoms with Crippen molar-refractivity contribution in [2.45, 2.75) is 18.8 Å². The Hall–Kier alpha value is -4.29. The molecule has 0 aliphatic carbocycles. The number of benzene rings is 1. The van der Waals surface area contributed by atoms with Gasteiger partial charge in [0, 0.05) is 25.5 Å². The number of carbonyl (C=O) groups is 2. The van der Waals surface area contributed by atoms with E-state index >= 15 is 0 Å². The Kier molecular flexibility index (Phi) is 7.27. The lowest BCUT2D eigenvalue weighted by Gasteiger charge is -2.25. The molecule has 1 aliphatic rings. The van der Waals surface area contributed by atoms with Gasteiger partial charge in [0.2, 0.25) is 17.9 Å². The molecule has 0 radical (unpaired) electrons. The lowest BCUT2D eigenvalue weighted by molar-refractivity contribution is -0.138. The highest BCUT2D eigenvalue weighted by molar-refractivity contribution is 5.94. The number of carbonyl (C=O) groups excluding carboxylic acids is 2. The number of anilines is 1. The number of hydrogen-bond acceptors (Lipinski definition) is 7. The van der Waals surface area contributed by atoms with Crippen LogP contribution >= 0.6 is 0 Å². The second kappa shape index (κ2) is 10.5. The van der Waals surface area contributed by atoms with Crippen LogP contribution in [0.15, 0.2) is 55.0 Å². The number of halogens is 3. The molecule has 0 bridgehead atoms. The minimum atomic E-state index is -4.47. The predicted molar refractivity (Wildman–Crippen MR) is 120 cm³/mol. The van der Waals surface area contributed by atoms with Crippen molar-refractivity contribution < 1.29 is 37.0 Å². The summed E-state index contributed by atoms with van der Waals surface area (Å²) in [6.45, 7) is 0.173. The minimum absolute atomic E-state index is 0.0205. The largest absolute Gasteiger partial charge is 0.485 e. The molecule has 1 aliphatic heterocycles. The summed E-state index contributed by atoms with van der Waals surface area (Å²) in [6, 6.07) is 9.03. The summed E-state index contributed by atoms with van der Waals surface area (Å²) in [5.41, 5.74) is -0.489. The van der Waals surface area contributed by atoms with Gasteiger partial charge in [0.15, 0.2) is 11.5 Å². The Morgan fingerprint density at radius 2 is 1.97 bits per heavy atom. The molecule has 0 spiro atoms. The molecule has 1 atom stereocenters. The van der Waals surface area contributed by atoms with Gasteiger partial charge in [0.25, 0.3) is 5.91 Å². The minimum Gasteiger partial charge on any atom is -0.485 e. The van der Waals surface area contributed by atoms with Crippen molar-refractivity contribution in [3.63, 3.8) is 0 Å². The average Bonchev–Trinajstić information content (AvgIpc) is 3.29. The van der Waals surface area contributed by atoms with E-state index in [1.807, 2.05) is 0 Å². The van der Waals surface area contributed by atoms with Crippen LogP contribution in [0.4, 0.5) is 18.9 Å². The summed E-state index contributed by atoms with van der Waals surface area (Å²) in [4.78, 5) is 30.0. The summed E-state index contributed by atoms with van der Waals surface area (Å²) < 4.78 is 55.6. The molecule has 13 heteroatoms. The second-order valence-electron chi connectivity index (χ2n) is 7.83. The van der Waals surface area contributed by atoms with Gasteiger partial charge in [-0.15, -0.1) is 0 Å². The zero-order valence-corrected chi connectivity index (χ0v) is 19.1. The normalized spacial score (nSPS) is 14.7. The Balaban J connectivity index is 1.21. The number of fused-ring (bicyclic) bond motifs is 1. The molecule has 36 heavy (non-hydrogen) atoms. The molecule has 0 saturated carbocycles. The maximum Gasteiger partial charge on any atom is 0.417 e. The number of nitrogens with one attached hydrogen (secondary N) is 1. The fourth-order valence-electron chi connectivity index (χ4n) is 3.19. The first kappa shape index (κ1) is 24.8. The van der Waals surface area contributed by atoms with E-state index in [4.69, 9.17) is 14.2 Å². The van der Waals surface area contributed by atoms with E-state index in [0.717, 1.165) is 12.1 Å². The van der Waals surface area contributed by atoms with Gasteiger partial charge < -0.3 is 24.4 Å². The third kappa shape index (κ3) is 6.23. The van der Waals surface area contributed by atoms with E-state index in [1.165, 1.54) is 22.0 Å². The van der Waals surface area contributed by atoms with Crippen LogP contribution in [0.3, 0.4) is 0 Å². The van der Waals surface area contributed by atoms with Crippen molar-refractivity contribution in [1.29, 1.82) is 0 Å². The summed E-state index contributed by atoms with van der Waals surface area (Å²) in [7, 11) is 1.55. The number of alkyl halides is 3. The molecule has 0 unspecified atom stereocenters. The van der Waals surface area contributed by atoms with Crippen LogP contribution in [0.25, 0.3) is 0 Å². The Labute approximate surface area is 203 Å². The fraction of sp³-hybridized carbons (Fsp3) is 0.304. The van der Waals surface area contributed by atoms with Gasteiger partial charge in [0.05, 0.1) is 24.0 Å². The number of ether oxygens (including phenoxy) is 3. The van der Waals surface area contributed by atoms with E-state index in [2.05, 4.69) is 15.4 Å². The number of nitrogens with zero attached hydrogens (tertiary/aromatic N) is 4. The molecule has 3 heterocycles. The zero-order valence-electron chi connectivity index (χ0n) is 19.1. The molecule has 1 aromatic carbocycles. The summed E-state index contributed by atoms with van der Waals surface area (Å²) in [5.74, 6) is 0.360. The molecule has 4 rings (SSSR count). The van der Waals surface area contributed by atoms with E-state index in [9.17, 15) is 22.8 Å². The Morgan fingerprint density at radius 1 is 1.19 bits per heavy atom. The maximum atomic E-state index is 12.6. The first-order valence-electron chi connectivity index (χ1n) is 10.8. The predicted octanol–water partition coefficient (Wildman–Crippen LogP) is 2.61. The summed E-state index contributed by atoms with van der Waals surface area (Å²) in [6.07, 6.45) is -1.72. The third-order valence-corrected chi connectivity index (χ3v) is 5.17. The van der Waals surface area contributed by atoms with Crippen LogP contribution in [0.5, 0.6) is 17.4 Å². The Morgan fingerprint density at radius 3 is 2.69 bits per heavy atom. The van der Waals surface area contributed by atoms with Crippen LogP contribution < -0.4 is 19.5 Å². The molecule has 1 N–H and O–H groups in total. The van der Waals surface area contributed by atoms with Gasteiger partial charge in [-0.1, -0.05) is 12.1 Å². The van der Waals surface area contributed by atoms with Gasteiger partial charge in [-0.05, 0) is 18.2 Å². The molecule has 3 aromatic rings. The SMILES string of the molecule is CN(CCOc1ccc(C(F)(F)F)cn1)C(=O)Cn1cc(NC(=O)[C@H]2COc3ccccc3O2)cn1. The van der Waals surface area contributed by atoms with Crippen LogP contribution in [-0.2, 0) is 22.3 Å². The highest BCUT2D eigenvalue weighted by atomic mass is 19.4. The Bertz CT molecular complexity index is 1220. The quantitative estimate of drug-likeness (QED) is 0.502. The molecule has 2 amide bonds. The number of aromatic nitrogens is 3. The number of para-hydroxylation sites is 2. The highest BCUT2D eigenvalue weighted by Crippen LogP contribution is 2.31. The number of likely N-dealkylation sites (N-methyl/N-ethyl adjacent to an activating group) is 1. The van der Waals surface area contributed by atoms with Crippen molar-refractivity contribution in [2.75, 3.05) is 32.1 Å². The van der Waals surface area contributed by atoms with Crippen molar-refractivity contribution >= 4 is 17.5 Å². The molecule has 0 fully saturated rings. The molecule has 190 valence electrons. The first-order valence-corrected chi connectivity index (χ1v) is 10.8. The van der Waals surface area contributed by atoms with Crippen LogP contribution in [0.1, 0.15) is 5.56 Å². The number of pyridine rings is 1. The van der Waals surface area contributed by atoms with E-state index in [1.54, 1.807) is 31.3 Å². The van der Waals surface area contributed by atoms with E-state index in [0.29, 0.717) is 23.4 Å². The van der Waals surface area contributed by atoms with Crippen molar-refractivity contribution in [3.8, 4) is 17.4 Å². The second-order valence-corrected chi connectivity index (χ2v) is 7.83. The smallest absolute Gasteiger partial charge is 0.417 e. The third-order valence-electron chi connectivity index (χ3n) is 5.17. The van der Waals surface area contributed by atoms with Crippen molar-refractivity contribution in [3.05, 3.63) is 60.6 Å². The molecule has 2 aromatic heterocycles. The number of hydrogen-bond donors (Lipinski definition) is 1. The van der Waals surface area contributed by atoms with Gasteiger partial charge in [-0.25, -0.2) is 4.98 Å².